The van der Waals surface area contributed by atoms with Crippen molar-refractivity contribution in [1.29, 1.82) is 0 Å². The summed E-state index contributed by atoms with van der Waals surface area (Å²) < 4.78 is 0. The molecule has 26 heavy (non-hydrogen) atoms. The maximum absolute atomic E-state index is 11.7. The fourth-order valence-corrected chi connectivity index (χ4v) is 3.46. The Hall–Kier alpha value is -0.530. The number of nitrogens with one attached hydrogen (secondary N) is 1. The van der Waals surface area contributed by atoms with Gasteiger partial charge in [0.2, 0.25) is 5.91 Å². The molecule has 0 aromatic rings. The minimum Gasteiger partial charge on any atom is -0.354 e. The number of amides is 1. The van der Waals surface area contributed by atoms with E-state index in [0.29, 0.717) is 12.5 Å². The van der Waals surface area contributed by atoms with Gasteiger partial charge < -0.3 is 5.32 Å². The zero-order valence-corrected chi connectivity index (χ0v) is 18.4. The highest BCUT2D eigenvalue weighted by Crippen LogP contribution is 2.14. The number of carbonyl (C=O) groups is 1. The molecule has 0 heterocycles. The first-order valence-corrected chi connectivity index (χ1v) is 12.0. The monoisotopic (exact) mass is 367 g/mol. The molecule has 0 radical (unpaired) electrons. The zero-order valence-electron chi connectivity index (χ0n) is 18.4. The molecule has 156 valence electrons. The van der Waals surface area contributed by atoms with Crippen molar-refractivity contribution in [2.24, 2.45) is 0 Å². The van der Waals surface area contributed by atoms with Crippen molar-refractivity contribution in [3.8, 4) is 0 Å². The first-order valence-electron chi connectivity index (χ1n) is 12.0. The van der Waals surface area contributed by atoms with E-state index in [0.717, 1.165) is 12.8 Å². The van der Waals surface area contributed by atoms with E-state index in [9.17, 15) is 4.79 Å². The highest BCUT2D eigenvalue weighted by molar-refractivity contribution is 5.76. The molecule has 0 saturated carbocycles. The lowest BCUT2D eigenvalue weighted by atomic mass is 10.0. The van der Waals surface area contributed by atoms with E-state index in [1.807, 2.05) is 0 Å². The van der Waals surface area contributed by atoms with Crippen LogP contribution < -0.4 is 5.32 Å². The lowest BCUT2D eigenvalue weighted by Crippen LogP contribution is -2.31. The standard InChI is InChI=1S/C24H49NO/c1-4-6-7-8-9-10-11-12-13-14-15-16-17-18-19-20-21-22-24(26)25-23(3)5-2/h23H,4-22H2,1-3H3,(H,25,26). The highest BCUT2D eigenvalue weighted by Gasteiger charge is 2.04. The van der Waals surface area contributed by atoms with Gasteiger partial charge in [-0.25, -0.2) is 0 Å². The molecule has 0 aliphatic heterocycles. The molecule has 0 fully saturated rings. The second-order valence-corrected chi connectivity index (χ2v) is 8.28. The lowest BCUT2D eigenvalue weighted by Gasteiger charge is -2.10. The van der Waals surface area contributed by atoms with E-state index < -0.39 is 0 Å². The van der Waals surface area contributed by atoms with E-state index >= 15 is 0 Å². The molecule has 0 aromatic carbocycles. The van der Waals surface area contributed by atoms with Crippen molar-refractivity contribution in [3.63, 3.8) is 0 Å². The van der Waals surface area contributed by atoms with Gasteiger partial charge in [0.1, 0.15) is 0 Å². The number of hydrogen-bond acceptors (Lipinski definition) is 1. The molecule has 0 aromatic heterocycles. The lowest BCUT2D eigenvalue weighted by molar-refractivity contribution is -0.121. The van der Waals surface area contributed by atoms with E-state index in [4.69, 9.17) is 0 Å². The minimum absolute atomic E-state index is 0.236. The normalized spacial score (nSPS) is 12.3. The van der Waals surface area contributed by atoms with Gasteiger partial charge in [-0.3, -0.25) is 4.79 Å². The van der Waals surface area contributed by atoms with Gasteiger partial charge in [0.25, 0.3) is 0 Å². The summed E-state index contributed by atoms with van der Waals surface area (Å²) >= 11 is 0. The van der Waals surface area contributed by atoms with Crippen molar-refractivity contribution in [2.45, 2.75) is 149 Å². The number of hydrogen-bond donors (Lipinski definition) is 1. The quantitative estimate of drug-likeness (QED) is 0.217. The predicted molar refractivity (Wildman–Crippen MR) is 117 cm³/mol. The molecule has 1 unspecified atom stereocenters. The molecule has 0 aliphatic rings. The topological polar surface area (TPSA) is 29.1 Å². The summed E-state index contributed by atoms with van der Waals surface area (Å²) in [5.74, 6) is 0.236. The van der Waals surface area contributed by atoms with Crippen LogP contribution in [0.3, 0.4) is 0 Å². The third kappa shape index (κ3) is 19.8. The number of unbranched alkanes of at least 4 members (excludes halogenated alkanes) is 16. The van der Waals surface area contributed by atoms with Crippen LogP contribution in [0.25, 0.3) is 0 Å². The SMILES string of the molecule is CCCCCCCCCCCCCCCCCCCC(=O)NC(C)CC. The Balaban J connectivity index is 3.10. The Morgan fingerprint density at radius 3 is 1.31 bits per heavy atom. The molecular formula is C24H49NO. The Kier molecular flexibility index (Phi) is 20.4. The molecule has 0 saturated heterocycles. The van der Waals surface area contributed by atoms with Crippen molar-refractivity contribution in [3.05, 3.63) is 0 Å². The van der Waals surface area contributed by atoms with Gasteiger partial charge in [-0.1, -0.05) is 117 Å². The van der Waals surface area contributed by atoms with E-state index in [2.05, 4.69) is 26.1 Å². The summed E-state index contributed by atoms with van der Waals surface area (Å²) in [6.45, 7) is 6.48. The first kappa shape index (κ1) is 25.5. The van der Waals surface area contributed by atoms with Crippen LogP contribution in [-0.2, 0) is 4.79 Å². The van der Waals surface area contributed by atoms with Crippen molar-refractivity contribution in [1.82, 2.24) is 5.32 Å². The zero-order chi connectivity index (χ0) is 19.3. The van der Waals surface area contributed by atoms with Gasteiger partial charge in [0.05, 0.1) is 0 Å². The average molecular weight is 368 g/mol. The van der Waals surface area contributed by atoms with Crippen LogP contribution in [0.2, 0.25) is 0 Å². The van der Waals surface area contributed by atoms with E-state index in [1.54, 1.807) is 0 Å². The fourth-order valence-electron chi connectivity index (χ4n) is 3.46. The summed E-state index contributed by atoms with van der Waals surface area (Å²) in [6, 6.07) is 0.327. The summed E-state index contributed by atoms with van der Waals surface area (Å²) in [5, 5.41) is 3.05. The Morgan fingerprint density at radius 1 is 0.615 bits per heavy atom. The molecule has 2 heteroatoms. The average Bonchev–Trinajstić information content (AvgIpc) is 2.64. The van der Waals surface area contributed by atoms with Crippen molar-refractivity contribution < 1.29 is 4.79 Å². The van der Waals surface area contributed by atoms with E-state index in [1.165, 1.54) is 103 Å². The Bertz CT molecular complexity index is 290. The molecule has 0 spiro atoms. The van der Waals surface area contributed by atoms with Crippen LogP contribution in [0.5, 0.6) is 0 Å². The van der Waals surface area contributed by atoms with Gasteiger partial charge in [-0.15, -0.1) is 0 Å². The van der Waals surface area contributed by atoms with Crippen molar-refractivity contribution in [2.75, 3.05) is 0 Å². The van der Waals surface area contributed by atoms with Crippen LogP contribution in [0.1, 0.15) is 143 Å². The fraction of sp³-hybridized carbons (Fsp3) is 0.958. The van der Waals surface area contributed by atoms with Gasteiger partial charge in [0, 0.05) is 12.5 Å². The van der Waals surface area contributed by atoms with Crippen LogP contribution >= 0.6 is 0 Å². The summed E-state index contributed by atoms with van der Waals surface area (Å²) in [6.07, 6.45) is 25.3. The first-order chi connectivity index (χ1) is 12.7. The van der Waals surface area contributed by atoms with Gasteiger partial charge in [-0.05, 0) is 19.8 Å². The minimum atomic E-state index is 0.236. The maximum atomic E-state index is 11.7. The summed E-state index contributed by atoms with van der Waals surface area (Å²) in [5.41, 5.74) is 0. The Labute approximate surface area is 165 Å². The van der Waals surface area contributed by atoms with Crippen LogP contribution in [0.15, 0.2) is 0 Å². The number of rotatable bonds is 20. The summed E-state index contributed by atoms with van der Waals surface area (Å²) in [4.78, 5) is 11.7. The van der Waals surface area contributed by atoms with Gasteiger partial charge in [-0.2, -0.15) is 0 Å². The van der Waals surface area contributed by atoms with Gasteiger partial charge >= 0.3 is 0 Å². The summed E-state index contributed by atoms with van der Waals surface area (Å²) in [7, 11) is 0. The third-order valence-corrected chi connectivity index (χ3v) is 5.53. The maximum Gasteiger partial charge on any atom is 0.220 e. The molecule has 2 nitrogen and oxygen atoms in total. The van der Waals surface area contributed by atoms with Crippen LogP contribution in [-0.4, -0.2) is 11.9 Å². The highest BCUT2D eigenvalue weighted by atomic mass is 16.1. The third-order valence-electron chi connectivity index (χ3n) is 5.53. The molecule has 0 bridgehead atoms. The predicted octanol–water partition coefficient (Wildman–Crippen LogP) is 7.94. The molecule has 1 N–H and O–H groups in total. The molecule has 1 atom stereocenters. The largest absolute Gasteiger partial charge is 0.354 e. The van der Waals surface area contributed by atoms with Crippen LogP contribution in [0.4, 0.5) is 0 Å². The molecule has 1 amide bonds. The smallest absolute Gasteiger partial charge is 0.220 e. The second kappa shape index (κ2) is 20.8. The van der Waals surface area contributed by atoms with Crippen LogP contribution in [0, 0.1) is 0 Å². The van der Waals surface area contributed by atoms with Gasteiger partial charge in [0.15, 0.2) is 0 Å². The number of carbonyl (C=O) groups excluding carboxylic acids is 1. The van der Waals surface area contributed by atoms with Crippen molar-refractivity contribution >= 4 is 5.91 Å². The van der Waals surface area contributed by atoms with E-state index in [-0.39, 0.29) is 5.91 Å². The second-order valence-electron chi connectivity index (χ2n) is 8.28. The molecule has 0 aliphatic carbocycles. The molecule has 0 rings (SSSR count). The Morgan fingerprint density at radius 2 is 0.962 bits per heavy atom. The molecular weight excluding hydrogens is 318 g/mol.